The summed E-state index contributed by atoms with van der Waals surface area (Å²) in [5, 5.41) is 4.61. The van der Waals surface area contributed by atoms with E-state index in [4.69, 9.17) is 12.2 Å². The van der Waals surface area contributed by atoms with Gasteiger partial charge in [-0.25, -0.2) is 0 Å². The lowest BCUT2D eigenvalue weighted by Crippen LogP contribution is -2.34. The van der Waals surface area contributed by atoms with Gasteiger partial charge in [0.15, 0.2) is 5.11 Å². The molecule has 1 amide bonds. The molecule has 0 heterocycles. The van der Waals surface area contributed by atoms with Gasteiger partial charge < -0.3 is 5.32 Å². The summed E-state index contributed by atoms with van der Waals surface area (Å²) in [5.41, 5.74) is 0.204. The Balaban J connectivity index is 2.14. The Morgan fingerprint density at radius 1 is 1.17 bits per heavy atom. The van der Waals surface area contributed by atoms with Crippen molar-refractivity contribution in [1.82, 2.24) is 5.32 Å². The molecule has 126 valence electrons. The minimum absolute atomic E-state index is 0.201. The van der Waals surface area contributed by atoms with Crippen LogP contribution in [0.2, 0.25) is 0 Å². The SMILES string of the molecule is Cc1cccc(C(=O)NC(=S)Nc2ccc(I)cc2C(F)(F)F)c1. The summed E-state index contributed by atoms with van der Waals surface area (Å²) >= 11 is 6.74. The molecular weight excluding hydrogens is 452 g/mol. The summed E-state index contributed by atoms with van der Waals surface area (Å²) < 4.78 is 39.7. The van der Waals surface area contributed by atoms with Crippen molar-refractivity contribution in [2.75, 3.05) is 5.32 Å². The Hall–Kier alpha value is -1.68. The predicted molar refractivity (Wildman–Crippen MR) is 99.0 cm³/mol. The summed E-state index contributed by atoms with van der Waals surface area (Å²) in [6, 6.07) is 10.6. The standard InChI is InChI=1S/C16H12F3IN2OS/c1-9-3-2-4-10(7-9)14(23)22-15(24)21-13-6-5-11(20)8-12(13)16(17,18)19/h2-8H,1H3,(H2,21,22,23,24). The van der Waals surface area contributed by atoms with Crippen molar-refractivity contribution in [2.24, 2.45) is 0 Å². The van der Waals surface area contributed by atoms with Gasteiger partial charge in [-0.3, -0.25) is 10.1 Å². The van der Waals surface area contributed by atoms with E-state index in [2.05, 4.69) is 10.6 Å². The first-order valence-electron chi connectivity index (χ1n) is 6.72. The Labute approximate surface area is 155 Å². The Kier molecular flexibility index (Phi) is 5.81. The molecule has 0 saturated carbocycles. The normalized spacial score (nSPS) is 11.0. The highest BCUT2D eigenvalue weighted by Crippen LogP contribution is 2.35. The van der Waals surface area contributed by atoms with E-state index < -0.39 is 17.6 Å². The zero-order chi connectivity index (χ0) is 17.9. The molecule has 0 saturated heterocycles. The third kappa shape index (κ3) is 4.91. The second-order valence-electron chi connectivity index (χ2n) is 4.97. The molecule has 2 rings (SSSR count). The van der Waals surface area contributed by atoms with Gasteiger partial charge in [-0.15, -0.1) is 0 Å². The number of thiocarbonyl (C=S) groups is 1. The Morgan fingerprint density at radius 2 is 1.88 bits per heavy atom. The third-order valence-corrected chi connectivity index (χ3v) is 3.92. The predicted octanol–water partition coefficient (Wildman–Crippen LogP) is 4.75. The largest absolute Gasteiger partial charge is 0.418 e. The Bertz CT molecular complexity index is 793. The molecule has 0 fully saturated rings. The van der Waals surface area contributed by atoms with Crippen LogP contribution in [-0.2, 0) is 6.18 Å². The molecule has 0 atom stereocenters. The summed E-state index contributed by atoms with van der Waals surface area (Å²) in [7, 11) is 0. The number of carbonyl (C=O) groups excluding carboxylic acids is 1. The van der Waals surface area contributed by atoms with Gasteiger partial charge in [0, 0.05) is 9.13 Å². The number of hydrogen-bond acceptors (Lipinski definition) is 2. The van der Waals surface area contributed by atoms with Gasteiger partial charge in [-0.2, -0.15) is 13.2 Å². The van der Waals surface area contributed by atoms with E-state index in [0.717, 1.165) is 11.6 Å². The fourth-order valence-electron chi connectivity index (χ4n) is 1.98. The molecule has 0 aliphatic rings. The molecule has 0 unspecified atom stereocenters. The lowest BCUT2D eigenvalue weighted by molar-refractivity contribution is -0.137. The number of anilines is 1. The number of rotatable bonds is 2. The van der Waals surface area contributed by atoms with Crippen molar-refractivity contribution in [2.45, 2.75) is 13.1 Å². The van der Waals surface area contributed by atoms with Crippen molar-refractivity contribution in [3.8, 4) is 0 Å². The van der Waals surface area contributed by atoms with Crippen molar-refractivity contribution < 1.29 is 18.0 Å². The van der Waals surface area contributed by atoms with Crippen LogP contribution in [0.3, 0.4) is 0 Å². The molecule has 24 heavy (non-hydrogen) atoms. The van der Waals surface area contributed by atoms with Crippen molar-refractivity contribution >= 4 is 51.5 Å². The minimum atomic E-state index is -4.53. The van der Waals surface area contributed by atoms with Crippen LogP contribution in [0, 0.1) is 10.5 Å². The number of carbonyl (C=O) groups is 1. The molecule has 0 aliphatic heterocycles. The fourth-order valence-corrected chi connectivity index (χ4v) is 2.67. The van der Waals surface area contributed by atoms with E-state index >= 15 is 0 Å². The molecule has 0 spiro atoms. The van der Waals surface area contributed by atoms with Gasteiger partial charge in [-0.1, -0.05) is 17.7 Å². The second-order valence-corrected chi connectivity index (χ2v) is 6.62. The zero-order valence-electron chi connectivity index (χ0n) is 12.4. The van der Waals surface area contributed by atoms with Gasteiger partial charge in [-0.05, 0) is 72.1 Å². The van der Waals surface area contributed by atoms with E-state index in [0.29, 0.717) is 9.13 Å². The number of amides is 1. The van der Waals surface area contributed by atoms with Crippen LogP contribution >= 0.6 is 34.8 Å². The molecule has 2 aromatic carbocycles. The fraction of sp³-hybridized carbons (Fsp3) is 0.125. The monoisotopic (exact) mass is 464 g/mol. The van der Waals surface area contributed by atoms with E-state index in [1.54, 1.807) is 40.8 Å². The molecule has 0 aromatic heterocycles. The Morgan fingerprint density at radius 3 is 2.50 bits per heavy atom. The highest BCUT2D eigenvalue weighted by molar-refractivity contribution is 14.1. The molecule has 0 bridgehead atoms. The molecule has 0 aliphatic carbocycles. The lowest BCUT2D eigenvalue weighted by Gasteiger charge is -2.16. The highest BCUT2D eigenvalue weighted by atomic mass is 127. The van der Waals surface area contributed by atoms with Crippen molar-refractivity contribution in [1.29, 1.82) is 0 Å². The molecule has 2 aromatic rings. The van der Waals surface area contributed by atoms with Gasteiger partial charge in [0.25, 0.3) is 5.91 Å². The number of benzene rings is 2. The van der Waals surface area contributed by atoms with Crippen LogP contribution in [0.15, 0.2) is 42.5 Å². The summed E-state index contributed by atoms with van der Waals surface area (Å²) in [6.07, 6.45) is -4.53. The maximum absolute atomic E-state index is 13.1. The van der Waals surface area contributed by atoms with E-state index in [1.807, 2.05) is 13.0 Å². The van der Waals surface area contributed by atoms with Gasteiger partial charge in [0.1, 0.15) is 0 Å². The van der Waals surface area contributed by atoms with Crippen LogP contribution in [0.25, 0.3) is 0 Å². The van der Waals surface area contributed by atoms with Crippen LogP contribution in [-0.4, -0.2) is 11.0 Å². The maximum atomic E-state index is 13.1. The third-order valence-electron chi connectivity index (χ3n) is 3.04. The van der Waals surface area contributed by atoms with Crippen LogP contribution in [0.5, 0.6) is 0 Å². The number of nitrogens with one attached hydrogen (secondary N) is 2. The first-order valence-corrected chi connectivity index (χ1v) is 8.21. The van der Waals surface area contributed by atoms with Gasteiger partial charge >= 0.3 is 6.18 Å². The van der Waals surface area contributed by atoms with Crippen LogP contribution in [0.1, 0.15) is 21.5 Å². The summed E-state index contributed by atoms with van der Waals surface area (Å²) in [4.78, 5) is 12.1. The van der Waals surface area contributed by atoms with Crippen LogP contribution in [0.4, 0.5) is 18.9 Å². The molecular formula is C16H12F3IN2OS. The number of hydrogen-bond donors (Lipinski definition) is 2. The van der Waals surface area contributed by atoms with Crippen LogP contribution < -0.4 is 10.6 Å². The number of aryl methyl sites for hydroxylation is 1. The average molecular weight is 464 g/mol. The molecule has 0 radical (unpaired) electrons. The maximum Gasteiger partial charge on any atom is 0.418 e. The van der Waals surface area contributed by atoms with E-state index in [1.165, 1.54) is 12.1 Å². The summed E-state index contributed by atoms with van der Waals surface area (Å²) in [6.45, 7) is 1.83. The van der Waals surface area contributed by atoms with Gasteiger partial charge in [0.2, 0.25) is 0 Å². The van der Waals surface area contributed by atoms with Crippen molar-refractivity contribution in [3.63, 3.8) is 0 Å². The van der Waals surface area contributed by atoms with Gasteiger partial charge in [0.05, 0.1) is 11.3 Å². The number of halogens is 4. The topological polar surface area (TPSA) is 41.1 Å². The molecule has 8 heteroatoms. The van der Waals surface area contributed by atoms with E-state index in [-0.39, 0.29) is 10.8 Å². The smallest absolute Gasteiger partial charge is 0.332 e. The number of alkyl halides is 3. The van der Waals surface area contributed by atoms with Crippen molar-refractivity contribution in [3.05, 3.63) is 62.7 Å². The average Bonchev–Trinajstić information content (AvgIpc) is 2.48. The molecule has 2 N–H and O–H groups in total. The first kappa shape index (κ1) is 18.7. The summed E-state index contributed by atoms with van der Waals surface area (Å²) in [5.74, 6) is -0.490. The molecule has 3 nitrogen and oxygen atoms in total. The minimum Gasteiger partial charge on any atom is -0.332 e. The zero-order valence-corrected chi connectivity index (χ0v) is 15.3. The lowest BCUT2D eigenvalue weighted by atomic mass is 10.1. The second kappa shape index (κ2) is 7.47. The van der Waals surface area contributed by atoms with E-state index in [9.17, 15) is 18.0 Å². The first-order chi connectivity index (χ1) is 11.2. The quantitative estimate of drug-likeness (QED) is 0.498. The highest BCUT2D eigenvalue weighted by Gasteiger charge is 2.34.